The van der Waals surface area contributed by atoms with E-state index in [-0.39, 0.29) is 11.8 Å². The number of nitrogen functional groups attached to an aromatic ring is 1. The molecule has 0 spiro atoms. The topological polar surface area (TPSA) is 64.3 Å². The van der Waals surface area contributed by atoms with Crippen molar-refractivity contribution in [3.8, 4) is 5.75 Å². The molecule has 0 aromatic heterocycles. The van der Waals surface area contributed by atoms with Gasteiger partial charge in [-0.05, 0) is 30.7 Å². The van der Waals surface area contributed by atoms with Gasteiger partial charge in [0.2, 0.25) is 5.91 Å². The minimum absolute atomic E-state index is 0.0905. The zero-order valence-corrected chi connectivity index (χ0v) is 11.2. The van der Waals surface area contributed by atoms with Crippen LogP contribution in [0.2, 0.25) is 0 Å². The number of fused-ring (bicyclic) bond motifs is 1. The fourth-order valence-electron chi connectivity index (χ4n) is 2.38. The lowest BCUT2D eigenvalue weighted by molar-refractivity contribution is -0.117. The SMILES string of the molecule is Cc1ccc(N)c(NC(=O)C2COc3ccccc32)c1. The number of anilines is 2. The highest BCUT2D eigenvalue weighted by Crippen LogP contribution is 2.34. The Kier molecular flexibility index (Phi) is 3.06. The molecule has 0 fully saturated rings. The third kappa shape index (κ3) is 2.20. The minimum atomic E-state index is -0.286. The molecule has 0 saturated heterocycles. The van der Waals surface area contributed by atoms with E-state index >= 15 is 0 Å². The third-order valence-electron chi connectivity index (χ3n) is 3.48. The highest BCUT2D eigenvalue weighted by Gasteiger charge is 2.30. The molecular formula is C16H16N2O2. The van der Waals surface area contributed by atoms with Gasteiger partial charge in [-0.1, -0.05) is 24.3 Å². The van der Waals surface area contributed by atoms with Crippen molar-refractivity contribution in [2.24, 2.45) is 0 Å². The molecule has 20 heavy (non-hydrogen) atoms. The quantitative estimate of drug-likeness (QED) is 0.823. The molecule has 0 radical (unpaired) electrons. The second kappa shape index (κ2) is 4.89. The first-order chi connectivity index (χ1) is 9.65. The van der Waals surface area contributed by atoms with E-state index in [0.717, 1.165) is 16.9 Å². The molecule has 1 atom stereocenters. The van der Waals surface area contributed by atoms with Crippen molar-refractivity contribution >= 4 is 17.3 Å². The van der Waals surface area contributed by atoms with E-state index in [1.54, 1.807) is 6.07 Å². The summed E-state index contributed by atoms with van der Waals surface area (Å²) in [5.41, 5.74) is 9.08. The molecule has 1 aliphatic rings. The van der Waals surface area contributed by atoms with Crippen molar-refractivity contribution in [1.29, 1.82) is 0 Å². The summed E-state index contributed by atoms with van der Waals surface area (Å²) in [6.45, 7) is 2.33. The lowest BCUT2D eigenvalue weighted by Gasteiger charge is -2.12. The Hall–Kier alpha value is -2.49. The van der Waals surface area contributed by atoms with Crippen LogP contribution < -0.4 is 15.8 Å². The predicted molar refractivity (Wildman–Crippen MR) is 78.9 cm³/mol. The smallest absolute Gasteiger partial charge is 0.235 e. The number of hydrogen-bond acceptors (Lipinski definition) is 3. The Morgan fingerprint density at radius 1 is 1.30 bits per heavy atom. The van der Waals surface area contributed by atoms with Crippen LogP contribution in [0.3, 0.4) is 0 Å². The first-order valence-corrected chi connectivity index (χ1v) is 6.54. The molecule has 2 aromatic rings. The van der Waals surface area contributed by atoms with Crippen LogP contribution in [0.5, 0.6) is 5.75 Å². The van der Waals surface area contributed by atoms with E-state index in [0.29, 0.717) is 18.0 Å². The molecule has 4 nitrogen and oxygen atoms in total. The highest BCUT2D eigenvalue weighted by molar-refractivity contribution is 5.99. The molecule has 3 rings (SSSR count). The zero-order chi connectivity index (χ0) is 14.1. The summed E-state index contributed by atoms with van der Waals surface area (Å²) >= 11 is 0. The van der Waals surface area contributed by atoms with Crippen LogP contribution in [0.25, 0.3) is 0 Å². The molecule has 102 valence electrons. The van der Waals surface area contributed by atoms with Crippen LogP contribution in [-0.2, 0) is 4.79 Å². The number of para-hydroxylation sites is 1. The Labute approximate surface area is 117 Å². The van der Waals surface area contributed by atoms with Crippen LogP contribution in [0.15, 0.2) is 42.5 Å². The number of ether oxygens (including phenoxy) is 1. The number of rotatable bonds is 2. The summed E-state index contributed by atoms with van der Waals surface area (Å²) in [6.07, 6.45) is 0. The van der Waals surface area contributed by atoms with Gasteiger partial charge < -0.3 is 15.8 Å². The molecule has 0 saturated carbocycles. The van der Waals surface area contributed by atoms with Crippen molar-refractivity contribution in [1.82, 2.24) is 0 Å². The first-order valence-electron chi connectivity index (χ1n) is 6.54. The van der Waals surface area contributed by atoms with Crippen LogP contribution in [-0.4, -0.2) is 12.5 Å². The normalized spacial score (nSPS) is 16.4. The number of amides is 1. The molecule has 4 heteroatoms. The molecule has 1 heterocycles. The molecule has 1 aliphatic heterocycles. The number of carbonyl (C=O) groups excluding carboxylic acids is 1. The van der Waals surface area contributed by atoms with Gasteiger partial charge in [0.15, 0.2) is 0 Å². The van der Waals surface area contributed by atoms with Gasteiger partial charge in [0, 0.05) is 5.56 Å². The molecule has 2 aromatic carbocycles. The van der Waals surface area contributed by atoms with Crippen LogP contribution in [0.4, 0.5) is 11.4 Å². The standard InChI is InChI=1S/C16H16N2O2/c1-10-6-7-13(17)14(8-10)18-16(19)12-9-20-15-5-3-2-4-11(12)15/h2-8,12H,9,17H2,1H3,(H,18,19). The van der Waals surface area contributed by atoms with Crippen LogP contribution in [0.1, 0.15) is 17.0 Å². The maximum absolute atomic E-state index is 12.4. The molecule has 0 bridgehead atoms. The maximum atomic E-state index is 12.4. The van der Waals surface area contributed by atoms with E-state index in [2.05, 4.69) is 5.32 Å². The van der Waals surface area contributed by atoms with Crippen molar-refractivity contribution in [3.63, 3.8) is 0 Å². The summed E-state index contributed by atoms with van der Waals surface area (Å²) in [6, 6.07) is 13.2. The van der Waals surface area contributed by atoms with Crippen molar-refractivity contribution in [2.75, 3.05) is 17.7 Å². The van der Waals surface area contributed by atoms with E-state index < -0.39 is 0 Å². The summed E-state index contributed by atoms with van der Waals surface area (Å²) in [5.74, 6) is 0.406. The second-order valence-electron chi connectivity index (χ2n) is 4.98. The molecule has 3 N–H and O–H groups in total. The Morgan fingerprint density at radius 2 is 2.10 bits per heavy atom. The van der Waals surface area contributed by atoms with Gasteiger partial charge in [-0.25, -0.2) is 0 Å². The number of aryl methyl sites for hydroxylation is 1. The van der Waals surface area contributed by atoms with Gasteiger partial charge in [0.05, 0.1) is 11.4 Å². The average Bonchev–Trinajstić information content (AvgIpc) is 2.87. The largest absolute Gasteiger partial charge is 0.492 e. The number of nitrogens with one attached hydrogen (secondary N) is 1. The summed E-state index contributed by atoms with van der Waals surface area (Å²) in [4.78, 5) is 12.4. The summed E-state index contributed by atoms with van der Waals surface area (Å²) < 4.78 is 5.53. The summed E-state index contributed by atoms with van der Waals surface area (Å²) in [5, 5.41) is 2.89. The van der Waals surface area contributed by atoms with Gasteiger partial charge >= 0.3 is 0 Å². The average molecular weight is 268 g/mol. The molecule has 0 aliphatic carbocycles. The van der Waals surface area contributed by atoms with Crippen molar-refractivity contribution < 1.29 is 9.53 Å². The molecular weight excluding hydrogens is 252 g/mol. The van der Waals surface area contributed by atoms with E-state index in [1.165, 1.54) is 0 Å². The van der Waals surface area contributed by atoms with Crippen molar-refractivity contribution in [2.45, 2.75) is 12.8 Å². The minimum Gasteiger partial charge on any atom is -0.492 e. The zero-order valence-electron chi connectivity index (χ0n) is 11.2. The van der Waals surface area contributed by atoms with Gasteiger partial charge in [-0.2, -0.15) is 0 Å². The van der Waals surface area contributed by atoms with Gasteiger partial charge in [0.25, 0.3) is 0 Å². The van der Waals surface area contributed by atoms with E-state index in [4.69, 9.17) is 10.5 Å². The number of nitrogens with two attached hydrogens (primary N) is 1. The Morgan fingerprint density at radius 3 is 2.95 bits per heavy atom. The highest BCUT2D eigenvalue weighted by atomic mass is 16.5. The number of benzene rings is 2. The maximum Gasteiger partial charge on any atom is 0.235 e. The molecule has 1 unspecified atom stereocenters. The summed E-state index contributed by atoms with van der Waals surface area (Å²) in [7, 11) is 0. The van der Waals surface area contributed by atoms with Crippen LogP contribution in [0, 0.1) is 6.92 Å². The first kappa shape index (κ1) is 12.5. The number of hydrogen-bond donors (Lipinski definition) is 2. The third-order valence-corrected chi connectivity index (χ3v) is 3.48. The van der Waals surface area contributed by atoms with E-state index in [9.17, 15) is 4.79 Å². The van der Waals surface area contributed by atoms with Gasteiger partial charge in [0.1, 0.15) is 18.3 Å². The van der Waals surface area contributed by atoms with Crippen LogP contribution >= 0.6 is 0 Å². The molecule has 1 amide bonds. The predicted octanol–water partition coefficient (Wildman–Crippen LogP) is 2.69. The van der Waals surface area contributed by atoms with Crippen molar-refractivity contribution in [3.05, 3.63) is 53.6 Å². The Balaban J connectivity index is 1.83. The Bertz CT molecular complexity index is 667. The lowest BCUT2D eigenvalue weighted by Crippen LogP contribution is -2.22. The fourth-order valence-corrected chi connectivity index (χ4v) is 2.38. The monoisotopic (exact) mass is 268 g/mol. The lowest BCUT2D eigenvalue weighted by atomic mass is 10.0. The second-order valence-corrected chi connectivity index (χ2v) is 4.98. The van der Waals surface area contributed by atoms with E-state index in [1.807, 2.05) is 43.3 Å². The number of carbonyl (C=O) groups is 1. The van der Waals surface area contributed by atoms with Gasteiger partial charge in [-0.3, -0.25) is 4.79 Å². The van der Waals surface area contributed by atoms with Gasteiger partial charge in [-0.15, -0.1) is 0 Å². The fraction of sp³-hybridized carbons (Fsp3) is 0.188.